The van der Waals surface area contributed by atoms with Gasteiger partial charge in [-0.2, -0.15) is 0 Å². The fourth-order valence-electron chi connectivity index (χ4n) is 2.62. The summed E-state index contributed by atoms with van der Waals surface area (Å²) in [6.07, 6.45) is 5.14. The van der Waals surface area contributed by atoms with Crippen LogP contribution in [0.2, 0.25) is 5.02 Å². The van der Waals surface area contributed by atoms with Gasteiger partial charge in [0.05, 0.1) is 10.8 Å². The van der Waals surface area contributed by atoms with E-state index >= 15 is 0 Å². The standard InChI is InChI=1S/C17H18ClFN4OS/c18-13-8-12(4-5-14(13)19)22-16(24)10-25-17-9-15(20-11-21-17)23-6-2-1-3-7-23/h4-5,8-9,11H,1-3,6-7,10H2,(H,22,24). The van der Waals surface area contributed by atoms with Gasteiger partial charge in [-0.15, -0.1) is 0 Å². The molecule has 0 radical (unpaired) electrons. The van der Waals surface area contributed by atoms with Gasteiger partial charge < -0.3 is 10.2 Å². The first-order valence-electron chi connectivity index (χ1n) is 8.06. The van der Waals surface area contributed by atoms with Crippen LogP contribution in [-0.4, -0.2) is 34.7 Å². The third kappa shape index (κ3) is 5.06. The summed E-state index contributed by atoms with van der Waals surface area (Å²) in [6, 6.07) is 6.00. The van der Waals surface area contributed by atoms with Crippen molar-refractivity contribution in [3.63, 3.8) is 0 Å². The number of piperidine rings is 1. The average molecular weight is 381 g/mol. The zero-order valence-electron chi connectivity index (χ0n) is 13.5. The number of rotatable bonds is 5. The van der Waals surface area contributed by atoms with Gasteiger partial charge in [0, 0.05) is 24.8 Å². The first-order valence-corrected chi connectivity index (χ1v) is 9.43. The van der Waals surface area contributed by atoms with Crippen molar-refractivity contribution in [3.8, 4) is 0 Å². The summed E-state index contributed by atoms with van der Waals surface area (Å²) >= 11 is 7.04. The molecule has 1 aromatic heterocycles. The number of thioether (sulfide) groups is 1. The molecular weight excluding hydrogens is 363 g/mol. The van der Waals surface area contributed by atoms with E-state index in [1.165, 1.54) is 55.6 Å². The molecule has 1 N–H and O–H groups in total. The number of halogens is 2. The zero-order chi connectivity index (χ0) is 17.6. The van der Waals surface area contributed by atoms with Gasteiger partial charge in [-0.25, -0.2) is 14.4 Å². The summed E-state index contributed by atoms with van der Waals surface area (Å²) in [6.45, 7) is 2.01. The lowest BCUT2D eigenvalue weighted by molar-refractivity contribution is -0.113. The van der Waals surface area contributed by atoms with Crippen molar-refractivity contribution in [3.05, 3.63) is 41.4 Å². The summed E-state index contributed by atoms with van der Waals surface area (Å²) in [7, 11) is 0. The van der Waals surface area contributed by atoms with Crippen LogP contribution in [0.15, 0.2) is 35.6 Å². The van der Waals surface area contributed by atoms with E-state index in [0.29, 0.717) is 5.69 Å². The topological polar surface area (TPSA) is 58.1 Å². The SMILES string of the molecule is O=C(CSc1cc(N2CCCCC2)ncn1)Nc1ccc(F)c(Cl)c1. The van der Waals surface area contributed by atoms with Gasteiger partial charge in [0.25, 0.3) is 0 Å². The monoisotopic (exact) mass is 380 g/mol. The number of nitrogens with zero attached hydrogens (tertiary/aromatic N) is 3. The number of hydrogen-bond donors (Lipinski definition) is 1. The Morgan fingerprint density at radius 2 is 2.04 bits per heavy atom. The van der Waals surface area contributed by atoms with Crippen LogP contribution in [0.1, 0.15) is 19.3 Å². The third-order valence-electron chi connectivity index (χ3n) is 3.86. The number of carbonyl (C=O) groups is 1. The van der Waals surface area contributed by atoms with Gasteiger partial charge in [-0.05, 0) is 37.5 Å². The van der Waals surface area contributed by atoms with Crippen LogP contribution in [0, 0.1) is 5.82 Å². The Balaban J connectivity index is 1.55. The van der Waals surface area contributed by atoms with Crippen LogP contribution in [0.4, 0.5) is 15.9 Å². The minimum Gasteiger partial charge on any atom is -0.356 e. The Kier molecular flexibility index (Phi) is 6.09. The Morgan fingerprint density at radius 3 is 2.80 bits per heavy atom. The molecule has 1 aliphatic heterocycles. The van der Waals surface area contributed by atoms with Crippen LogP contribution in [-0.2, 0) is 4.79 Å². The van der Waals surface area contributed by atoms with Crippen molar-refractivity contribution in [1.82, 2.24) is 9.97 Å². The van der Waals surface area contributed by atoms with Crippen LogP contribution in [0.25, 0.3) is 0 Å². The molecule has 0 unspecified atom stereocenters. The maximum Gasteiger partial charge on any atom is 0.234 e. The van der Waals surface area contributed by atoms with Crippen LogP contribution >= 0.6 is 23.4 Å². The molecular formula is C17H18ClFN4OS. The largest absolute Gasteiger partial charge is 0.356 e. The second-order valence-corrected chi connectivity index (χ2v) is 7.13. The second-order valence-electron chi connectivity index (χ2n) is 5.73. The van der Waals surface area contributed by atoms with Crippen molar-refractivity contribution >= 4 is 40.8 Å². The van der Waals surface area contributed by atoms with Gasteiger partial charge in [-0.3, -0.25) is 4.79 Å². The number of anilines is 2. The van der Waals surface area contributed by atoms with Gasteiger partial charge in [-0.1, -0.05) is 23.4 Å². The molecule has 25 heavy (non-hydrogen) atoms. The number of aromatic nitrogens is 2. The summed E-state index contributed by atoms with van der Waals surface area (Å²) < 4.78 is 13.1. The molecule has 1 aromatic carbocycles. The molecule has 2 heterocycles. The van der Waals surface area contributed by atoms with Crippen molar-refractivity contribution in [2.45, 2.75) is 24.3 Å². The fraction of sp³-hybridized carbons (Fsp3) is 0.353. The number of amides is 1. The minimum absolute atomic E-state index is 0.0209. The average Bonchev–Trinajstić information content (AvgIpc) is 2.64. The van der Waals surface area contributed by atoms with Crippen molar-refractivity contribution in [2.75, 3.05) is 29.1 Å². The summed E-state index contributed by atoms with van der Waals surface area (Å²) in [5.41, 5.74) is 0.466. The number of nitrogens with one attached hydrogen (secondary N) is 1. The Hall–Kier alpha value is -1.86. The maximum absolute atomic E-state index is 13.1. The lowest BCUT2D eigenvalue weighted by Crippen LogP contribution is -2.30. The fourth-order valence-corrected chi connectivity index (χ4v) is 3.46. The van der Waals surface area contributed by atoms with E-state index in [-0.39, 0.29) is 16.7 Å². The van der Waals surface area contributed by atoms with Crippen molar-refractivity contribution in [2.24, 2.45) is 0 Å². The number of carbonyl (C=O) groups excluding carboxylic acids is 1. The highest BCUT2D eigenvalue weighted by Crippen LogP contribution is 2.23. The highest BCUT2D eigenvalue weighted by atomic mass is 35.5. The molecule has 2 aromatic rings. The quantitative estimate of drug-likeness (QED) is 0.627. The highest BCUT2D eigenvalue weighted by Gasteiger charge is 2.13. The van der Waals surface area contributed by atoms with E-state index in [1.807, 2.05) is 6.07 Å². The van der Waals surface area contributed by atoms with E-state index in [9.17, 15) is 9.18 Å². The number of hydrogen-bond acceptors (Lipinski definition) is 5. The van der Waals surface area contributed by atoms with Crippen LogP contribution in [0.5, 0.6) is 0 Å². The Labute approximate surface area is 155 Å². The van der Waals surface area contributed by atoms with E-state index in [1.54, 1.807) is 0 Å². The molecule has 132 valence electrons. The van der Waals surface area contributed by atoms with Gasteiger partial charge in [0.2, 0.25) is 5.91 Å². The molecule has 0 bridgehead atoms. The molecule has 1 amide bonds. The Bertz CT molecular complexity index is 755. The molecule has 1 saturated heterocycles. The molecule has 3 rings (SSSR count). The third-order valence-corrected chi connectivity index (χ3v) is 5.08. The lowest BCUT2D eigenvalue weighted by atomic mass is 10.1. The normalized spacial score (nSPS) is 14.4. The van der Waals surface area contributed by atoms with Gasteiger partial charge in [0.15, 0.2) is 0 Å². The van der Waals surface area contributed by atoms with Crippen LogP contribution < -0.4 is 10.2 Å². The second kappa shape index (κ2) is 8.49. The molecule has 0 saturated carbocycles. The maximum atomic E-state index is 13.1. The van der Waals surface area contributed by atoms with Gasteiger partial charge >= 0.3 is 0 Å². The van der Waals surface area contributed by atoms with Gasteiger partial charge in [0.1, 0.15) is 23.0 Å². The predicted octanol–water partition coefficient (Wildman–Crippen LogP) is 3.99. The predicted molar refractivity (Wildman–Crippen MR) is 98.9 cm³/mol. The van der Waals surface area contributed by atoms with E-state index in [0.717, 1.165) is 23.9 Å². The first kappa shape index (κ1) is 17.9. The molecule has 5 nitrogen and oxygen atoms in total. The first-order chi connectivity index (χ1) is 12.1. The van der Waals surface area contributed by atoms with E-state index < -0.39 is 5.82 Å². The molecule has 1 fully saturated rings. The van der Waals surface area contributed by atoms with Crippen LogP contribution in [0.3, 0.4) is 0 Å². The molecule has 0 atom stereocenters. The highest BCUT2D eigenvalue weighted by molar-refractivity contribution is 7.99. The Morgan fingerprint density at radius 1 is 1.24 bits per heavy atom. The van der Waals surface area contributed by atoms with E-state index in [2.05, 4.69) is 20.2 Å². The van der Waals surface area contributed by atoms with E-state index in [4.69, 9.17) is 11.6 Å². The summed E-state index contributed by atoms with van der Waals surface area (Å²) in [5.74, 6) is 0.389. The summed E-state index contributed by atoms with van der Waals surface area (Å²) in [5, 5.41) is 3.43. The molecule has 8 heteroatoms. The van der Waals surface area contributed by atoms with Crippen molar-refractivity contribution in [1.29, 1.82) is 0 Å². The number of benzene rings is 1. The molecule has 1 aliphatic rings. The molecule has 0 aliphatic carbocycles. The molecule has 0 spiro atoms. The zero-order valence-corrected chi connectivity index (χ0v) is 15.1. The van der Waals surface area contributed by atoms with Crippen molar-refractivity contribution < 1.29 is 9.18 Å². The smallest absolute Gasteiger partial charge is 0.234 e. The summed E-state index contributed by atoms with van der Waals surface area (Å²) in [4.78, 5) is 22.8. The minimum atomic E-state index is -0.514. The lowest BCUT2D eigenvalue weighted by Gasteiger charge is -2.27.